The monoisotopic (exact) mass is 217 g/mol. The van der Waals surface area contributed by atoms with Crippen molar-refractivity contribution in [3.63, 3.8) is 0 Å². The van der Waals surface area contributed by atoms with Crippen LogP contribution in [0.4, 0.5) is 0 Å². The van der Waals surface area contributed by atoms with Crippen molar-refractivity contribution in [1.82, 2.24) is 5.32 Å². The van der Waals surface area contributed by atoms with Gasteiger partial charge in [-0.2, -0.15) is 0 Å². The topological polar surface area (TPSA) is 30.5 Å². The molecule has 0 aromatic heterocycles. The van der Waals surface area contributed by atoms with Crippen LogP contribution in [0.2, 0.25) is 0 Å². The first-order valence-electron chi connectivity index (χ1n) is 6.04. The molecule has 0 aliphatic carbocycles. The Bertz CT molecular complexity index is 118. The highest BCUT2D eigenvalue weighted by Crippen LogP contribution is 1.95. The molecule has 0 heterocycles. The van der Waals surface area contributed by atoms with Crippen LogP contribution in [-0.4, -0.2) is 40.0 Å². The van der Waals surface area contributed by atoms with Crippen molar-refractivity contribution in [3.05, 3.63) is 0 Å². The quantitative estimate of drug-likeness (QED) is 0.537. The molecular weight excluding hydrogens is 190 g/mol. The minimum atomic E-state index is 0.704. The van der Waals surface area contributed by atoms with Gasteiger partial charge in [-0.15, -0.1) is 0 Å². The summed E-state index contributed by atoms with van der Waals surface area (Å²) in [4.78, 5) is 0. The summed E-state index contributed by atoms with van der Waals surface area (Å²) in [5.74, 6) is 0.752. The van der Waals surface area contributed by atoms with Gasteiger partial charge < -0.3 is 14.8 Å². The average Bonchev–Trinajstić information content (AvgIpc) is 2.20. The van der Waals surface area contributed by atoms with Gasteiger partial charge in [0, 0.05) is 13.7 Å². The molecule has 0 aromatic rings. The van der Waals surface area contributed by atoms with E-state index in [0.29, 0.717) is 6.61 Å². The molecule has 0 fully saturated rings. The Morgan fingerprint density at radius 1 is 1.00 bits per heavy atom. The minimum Gasteiger partial charge on any atom is -0.382 e. The van der Waals surface area contributed by atoms with Crippen LogP contribution >= 0.6 is 0 Å². The third kappa shape index (κ3) is 13.9. The maximum atomic E-state index is 5.37. The van der Waals surface area contributed by atoms with Crippen LogP contribution in [0.25, 0.3) is 0 Å². The molecule has 0 saturated carbocycles. The van der Waals surface area contributed by atoms with E-state index in [1.807, 2.05) is 0 Å². The predicted octanol–water partition coefficient (Wildman–Crippen LogP) is 2.07. The van der Waals surface area contributed by atoms with Gasteiger partial charge in [-0.1, -0.05) is 13.8 Å². The molecule has 0 aliphatic rings. The highest BCUT2D eigenvalue weighted by atomic mass is 16.5. The average molecular weight is 217 g/mol. The van der Waals surface area contributed by atoms with E-state index in [-0.39, 0.29) is 0 Å². The summed E-state index contributed by atoms with van der Waals surface area (Å²) in [5.41, 5.74) is 0. The Balaban J connectivity index is 2.87. The van der Waals surface area contributed by atoms with Crippen LogP contribution in [0, 0.1) is 5.92 Å². The molecule has 0 amide bonds. The van der Waals surface area contributed by atoms with Crippen molar-refractivity contribution in [3.8, 4) is 0 Å². The van der Waals surface area contributed by atoms with E-state index in [9.17, 15) is 0 Å². The SMILES string of the molecule is COCCOCCCCCNCC(C)C. The third-order valence-corrected chi connectivity index (χ3v) is 2.13. The van der Waals surface area contributed by atoms with Gasteiger partial charge in [-0.25, -0.2) is 0 Å². The van der Waals surface area contributed by atoms with Crippen molar-refractivity contribution < 1.29 is 9.47 Å². The molecule has 0 rings (SSSR count). The van der Waals surface area contributed by atoms with Crippen molar-refractivity contribution in [2.75, 3.05) is 40.0 Å². The lowest BCUT2D eigenvalue weighted by atomic mass is 10.2. The van der Waals surface area contributed by atoms with Crippen molar-refractivity contribution >= 4 is 0 Å². The zero-order chi connectivity index (χ0) is 11.4. The van der Waals surface area contributed by atoms with Crippen LogP contribution in [0.1, 0.15) is 33.1 Å². The third-order valence-electron chi connectivity index (χ3n) is 2.13. The molecule has 0 unspecified atom stereocenters. The first kappa shape index (κ1) is 14.9. The minimum absolute atomic E-state index is 0.704. The summed E-state index contributed by atoms with van der Waals surface area (Å²) in [7, 11) is 1.70. The largest absolute Gasteiger partial charge is 0.382 e. The number of hydrogen-bond donors (Lipinski definition) is 1. The molecule has 0 bridgehead atoms. The Hall–Kier alpha value is -0.120. The Kier molecular flexibility index (Phi) is 11.9. The summed E-state index contributed by atoms with van der Waals surface area (Å²) < 4.78 is 10.3. The van der Waals surface area contributed by atoms with Gasteiger partial charge in [0.25, 0.3) is 0 Å². The molecule has 0 atom stereocenters. The van der Waals surface area contributed by atoms with E-state index >= 15 is 0 Å². The first-order chi connectivity index (χ1) is 7.27. The van der Waals surface area contributed by atoms with Gasteiger partial charge >= 0.3 is 0 Å². The summed E-state index contributed by atoms with van der Waals surface area (Å²) in [5, 5.41) is 3.44. The van der Waals surface area contributed by atoms with Gasteiger partial charge in [0.1, 0.15) is 0 Å². The fourth-order valence-electron chi connectivity index (χ4n) is 1.27. The molecule has 0 saturated heterocycles. The standard InChI is InChI=1S/C12H27NO2/c1-12(2)11-13-7-5-4-6-8-15-10-9-14-3/h12-13H,4-11H2,1-3H3. The summed E-state index contributed by atoms with van der Waals surface area (Å²) in [6.07, 6.45) is 3.66. The van der Waals surface area contributed by atoms with Crippen molar-refractivity contribution in [2.45, 2.75) is 33.1 Å². The number of nitrogens with one attached hydrogen (secondary N) is 1. The van der Waals surface area contributed by atoms with E-state index in [1.54, 1.807) is 7.11 Å². The fourth-order valence-corrected chi connectivity index (χ4v) is 1.27. The number of hydrogen-bond acceptors (Lipinski definition) is 3. The highest BCUT2D eigenvalue weighted by Gasteiger charge is 1.93. The van der Waals surface area contributed by atoms with Gasteiger partial charge in [-0.3, -0.25) is 0 Å². The van der Waals surface area contributed by atoms with Crippen molar-refractivity contribution in [2.24, 2.45) is 5.92 Å². The van der Waals surface area contributed by atoms with E-state index in [0.717, 1.165) is 38.6 Å². The van der Waals surface area contributed by atoms with Gasteiger partial charge in [0.2, 0.25) is 0 Å². The second-order valence-electron chi connectivity index (χ2n) is 4.26. The van der Waals surface area contributed by atoms with E-state index < -0.39 is 0 Å². The van der Waals surface area contributed by atoms with Crippen LogP contribution in [0.15, 0.2) is 0 Å². The molecule has 0 radical (unpaired) electrons. The fraction of sp³-hybridized carbons (Fsp3) is 1.00. The van der Waals surface area contributed by atoms with E-state index in [1.165, 1.54) is 12.8 Å². The number of ether oxygens (including phenoxy) is 2. The summed E-state index contributed by atoms with van der Waals surface area (Å²) >= 11 is 0. The van der Waals surface area contributed by atoms with Crippen LogP contribution in [-0.2, 0) is 9.47 Å². The Morgan fingerprint density at radius 2 is 1.80 bits per heavy atom. The molecule has 15 heavy (non-hydrogen) atoms. The summed E-state index contributed by atoms with van der Waals surface area (Å²) in [6.45, 7) is 9.03. The lowest BCUT2D eigenvalue weighted by molar-refractivity contribution is 0.0686. The number of methoxy groups -OCH3 is 1. The maximum Gasteiger partial charge on any atom is 0.0700 e. The summed E-state index contributed by atoms with van der Waals surface area (Å²) in [6, 6.07) is 0. The van der Waals surface area contributed by atoms with Crippen molar-refractivity contribution in [1.29, 1.82) is 0 Å². The van der Waals surface area contributed by atoms with E-state index in [2.05, 4.69) is 19.2 Å². The molecule has 0 aromatic carbocycles. The number of unbranched alkanes of at least 4 members (excludes halogenated alkanes) is 2. The second-order valence-corrected chi connectivity index (χ2v) is 4.26. The lowest BCUT2D eigenvalue weighted by Crippen LogP contribution is -2.20. The smallest absolute Gasteiger partial charge is 0.0700 e. The Morgan fingerprint density at radius 3 is 2.47 bits per heavy atom. The van der Waals surface area contributed by atoms with Gasteiger partial charge in [-0.05, 0) is 38.3 Å². The van der Waals surface area contributed by atoms with E-state index in [4.69, 9.17) is 9.47 Å². The molecule has 92 valence electrons. The molecular formula is C12H27NO2. The molecule has 3 nitrogen and oxygen atoms in total. The van der Waals surface area contributed by atoms with Gasteiger partial charge in [0.15, 0.2) is 0 Å². The zero-order valence-corrected chi connectivity index (χ0v) is 10.6. The second kappa shape index (κ2) is 12.0. The predicted molar refractivity (Wildman–Crippen MR) is 64.3 cm³/mol. The lowest BCUT2D eigenvalue weighted by Gasteiger charge is -2.07. The van der Waals surface area contributed by atoms with Crippen LogP contribution < -0.4 is 5.32 Å². The number of rotatable bonds is 11. The maximum absolute atomic E-state index is 5.37. The molecule has 1 N–H and O–H groups in total. The van der Waals surface area contributed by atoms with Gasteiger partial charge in [0.05, 0.1) is 13.2 Å². The normalized spacial score (nSPS) is 11.2. The Labute approximate surface area is 94.5 Å². The molecule has 0 aliphatic heterocycles. The molecule has 0 spiro atoms. The first-order valence-corrected chi connectivity index (χ1v) is 6.04. The zero-order valence-electron chi connectivity index (χ0n) is 10.6. The van der Waals surface area contributed by atoms with Crippen LogP contribution in [0.5, 0.6) is 0 Å². The molecule has 3 heteroatoms. The highest BCUT2D eigenvalue weighted by molar-refractivity contribution is 4.51. The van der Waals surface area contributed by atoms with Crippen LogP contribution in [0.3, 0.4) is 0 Å².